The quantitative estimate of drug-likeness (QED) is 0.871. The van der Waals surface area contributed by atoms with E-state index < -0.39 is 0 Å². The lowest BCUT2D eigenvalue weighted by atomic mass is 9.89. The molecule has 1 heterocycles. The summed E-state index contributed by atoms with van der Waals surface area (Å²) in [6.07, 6.45) is 5.38. The third kappa shape index (κ3) is 3.36. The molecular formula is C15H26N2O. The van der Waals surface area contributed by atoms with E-state index in [1.165, 1.54) is 24.2 Å². The predicted molar refractivity (Wildman–Crippen MR) is 74.7 cm³/mol. The Morgan fingerprint density at radius 2 is 2.22 bits per heavy atom. The van der Waals surface area contributed by atoms with Crippen molar-refractivity contribution in [2.24, 2.45) is 5.41 Å². The van der Waals surface area contributed by atoms with Crippen LogP contribution in [0.1, 0.15) is 44.1 Å². The number of rotatable bonds is 5. The Morgan fingerprint density at radius 1 is 1.44 bits per heavy atom. The van der Waals surface area contributed by atoms with Gasteiger partial charge in [-0.2, -0.15) is 0 Å². The van der Waals surface area contributed by atoms with Crippen molar-refractivity contribution in [3.05, 3.63) is 23.7 Å². The fraction of sp³-hybridized carbons (Fsp3) is 0.733. The van der Waals surface area contributed by atoms with E-state index in [4.69, 9.17) is 4.42 Å². The van der Waals surface area contributed by atoms with Crippen molar-refractivity contribution in [1.82, 2.24) is 10.2 Å². The van der Waals surface area contributed by atoms with Crippen molar-refractivity contribution in [2.45, 2.75) is 39.2 Å². The molecule has 3 heteroatoms. The van der Waals surface area contributed by atoms with Crippen LogP contribution in [0, 0.1) is 5.41 Å². The molecule has 0 amide bonds. The molecule has 18 heavy (non-hydrogen) atoms. The van der Waals surface area contributed by atoms with E-state index in [-0.39, 0.29) is 0 Å². The van der Waals surface area contributed by atoms with Crippen LogP contribution in [-0.4, -0.2) is 32.1 Å². The van der Waals surface area contributed by atoms with Crippen molar-refractivity contribution in [2.75, 3.05) is 27.2 Å². The Kier molecular flexibility index (Phi) is 4.13. The topological polar surface area (TPSA) is 28.4 Å². The van der Waals surface area contributed by atoms with Crippen LogP contribution in [0.25, 0.3) is 0 Å². The number of fused-ring (bicyclic) bond motifs is 1. The molecule has 2 rings (SSSR count). The number of hydrogen-bond donors (Lipinski definition) is 1. The number of furan rings is 1. The van der Waals surface area contributed by atoms with Gasteiger partial charge in [0.15, 0.2) is 0 Å². The molecule has 1 atom stereocenters. The lowest BCUT2D eigenvalue weighted by molar-refractivity contribution is 0.221. The molecule has 0 bridgehead atoms. The van der Waals surface area contributed by atoms with Crippen LogP contribution < -0.4 is 5.32 Å². The molecular weight excluding hydrogens is 224 g/mol. The molecule has 0 aliphatic heterocycles. The summed E-state index contributed by atoms with van der Waals surface area (Å²) in [5.74, 6) is 1.18. The van der Waals surface area contributed by atoms with Gasteiger partial charge in [0.2, 0.25) is 0 Å². The normalized spacial score (nSPS) is 20.2. The molecule has 1 unspecified atom stereocenters. The monoisotopic (exact) mass is 250 g/mol. The first-order chi connectivity index (χ1) is 8.48. The summed E-state index contributed by atoms with van der Waals surface area (Å²) in [7, 11) is 4.27. The summed E-state index contributed by atoms with van der Waals surface area (Å²) in [6, 6.07) is 2.61. The molecule has 0 radical (unpaired) electrons. The summed E-state index contributed by atoms with van der Waals surface area (Å²) in [4.78, 5) is 2.26. The van der Waals surface area contributed by atoms with Gasteiger partial charge in [0.1, 0.15) is 5.76 Å². The van der Waals surface area contributed by atoms with Gasteiger partial charge in [0, 0.05) is 31.1 Å². The molecule has 0 fully saturated rings. The van der Waals surface area contributed by atoms with E-state index in [0.717, 1.165) is 19.5 Å². The van der Waals surface area contributed by atoms with Gasteiger partial charge in [-0.3, -0.25) is 0 Å². The van der Waals surface area contributed by atoms with Crippen molar-refractivity contribution in [3.8, 4) is 0 Å². The van der Waals surface area contributed by atoms with Crippen molar-refractivity contribution in [3.63, 3.8) is 0 Å². The second-order valence-electron chi connectivity index (χ2n) is 6.53. The van der Waals surface area contributed by atoms with Gasteiger partial charge < -0.3 is 14.6 Å². The molecule has 1 aromatic rings. The molecule has 102 valence electrons. The highest BCUT2D eigenvalue weighted by Gasteiger charge is 2.25. The summed E-state index contributed by atoms with van der Waals surface area (Å²) in [5.41, 5.74) is 1.67. The van der Waals surface area contributed by atoms with Crippen LogP contribution in [-0.2, 0) is 6.42 Å². The number of aryl methyl sites for hydroxylation is 1. The van der Waals surface area contributed by atoms with Crippen molar-refractivity contribution < 1.29 is 4.42 Å². The zero-order valence-corrected chi connectivity index (χ0v) is 12.1. The van der Waals surface area contributed by atoms with Gasteiger partial charge in [-0.15, -0.1) is 0 Å². The Morgan fingerprint density at radius 3 is 2.94 bits per heavy atom. The molecule has 1 aromatic heterocycles. The number of nitrogens with zero attached hydrogens (tertiary/aromatic N) is 1. The second-order valence-corrected chi connectivity index (χ2v) is 6.53. The molecule has 0 saturated heterocycles. The van der Waals surface area contributed by atoms with Gasteiger partial charge in [-0.1, -0.05) is 13.8 Å². The molecule has 0 aromatic carbocycles. The molecule has 1 N–H and O–H groups in total. The number of nitrogens with one attached hydrogen (secondary N) is 1. The lowest BCUT2D eigenvalue weighted by Crippen LogP contribution is -2.39. The van der Waals surface area contributed by atoms with Crippen LogP contribution >= 0.6 is 0 Å². The fourth-order valence-electron chi connectivity index (χ4n) is 3.01. The number of hydrogen-bond acceptors (Lipinski definition) is 3. The zero-order chi connectivity index (χ0) is 13.2. The van der Waals surface area contributed by atoms with Gasteiger partial charge in [0.25, 0.3) is 0 Å². The lowest BCUT2D eigenvalue weighted by Gasteiger charge is -2.32. The van der Waals surface area contributed by atoms with E-state index in [9.17, 15) is 0 Å². The van der Waals surface area contributed by atoms with E-state index in [0.29, 0.717) is 11.5 Å². The van der Waals surface area contributed by atoms with Crippen molar-refractivity contribution >= 4 is 0 Å². The molecule has 1 aliphatic carbocycles. The first kappa shape index (κ1) is 13.6. The summed E-state index contributed by atoms with van der Waals surface area (Å²) < 4.78 is 5.53. The zero-order valence-electron chi connectivity index (χ0n) is 12.1. The van der Waals surface area contributed by atoms with Crippen molar-refractivity contribution in [1.29, 1.82) is 0 Å². The highest BCUT2D eigenvalue weighted by molar-refractivity contribution is 5.24. The van der Waals surface area contributed by atoms with Gasteiger partial charge >= 0.3 is 0 Å². The molecule has 0 saturated carbocycles. The highest BCUT2D eigenvalue weighted by atomic mass is 16.3. The van der Waals surface area contributed by atoms with E-state index in [1.807, 2.05) is 6.26 Å². The molecule has 1 aliphatic rings. The summed E-state index contributed by atoms with van der Waals surface area (Å²) >= 11 is 0. The first-order valence-corrected chi connectivity index (χ1v) is 6.92. The molecule has 0 spiro atoms. The Balaban J connectivity index is 1.92. The standard InChI is InChI=1S/C15H26N2O/c1-15(2,11-17(3)4)10-16-13-6-5-7-14-12(13)8-9-18-14/h8-9,13,16H,5-7,10-11H2,1-4H3. The van der Waals surface area contributed by atoms with Crippen LogP contribution in [0.15, 0.2) is 16.7 Å². The van der Waals surface area contributed by atoms with Gasteiger partial charge in [0.05, 0.1) is 6.26 Å². The van der Waals surface area contributed by atoms with Gasteiger partial charge in [-0.25, -0.2) is 0 Å². The minimum atomic E-state index is 0.296. The average Bonchev–Trinajstić information content (AvgIpc) is 2.72. The van der Waals surface area contributed by atoms with E-state index >= 15 is 0 Å². The van der Waals surface area contributed by atoms with Gasteiger partial charge in [-0.05, 0) is 38.4 Å². The highest BCUT2D eigenvalue weighted by Crippen LogP contribution is 2.31. The maximum atomic E-state index is 5.53. The fourth-order valence-corrected chi connectivity index (χ4v) is 3.01. The van der Waals surface area contributed by atoms with Crippen LogP contribution in [0.4, 0.5) is 0 Å². The largest absolute Gasteiger partial charge is 0.469 e. The minimum absolute atomic E-state index is 0.296. The SMILES string of the molecule is CN(C)CC(C)(C)CNC1CCCc2occc21. The van der Waals surface area contributed by atoms with E-state index in [1.54, 1.807) is 0 Å². The predicted octanol–water partition coefficient (Wildman–Crippen LogP) is 2.83. The Hall–Kier alpha value is -0.800. The van der Waals surface area contributed by atoms with Crippen LogP contribution in [0.2, 0.25) is 0 Å². The average molecular weight is 250 g/mol. The second kappa shape index (κ2) is 5.45. The maximum absolute atomic E-state index is 5.53. The Labute approximate surface area is 111 Å². The minimum Gasteiger partial charge on any atom is -0.469 e. The third-order valence-corrected chi connectivity index (χ3v) is 3.62. The summed E-state index contributed by atoms with van der Waals surface area (Å²) in [5, 5.41) is 3.72. The first-order valence-electron chi connectivity index (χ1n) is 6.92. The maximum Gasteiger partial charge on any atom is 0.108 e. The summed E-state index contributed by atoms with van der Waals surface area (Å²) in [6.45, 7) is 6.78. The van der Waals surface area contributed by atoms with E-state index in [2.05, 4.69) is 44.2 Å². The smallest absolute Gasteiger partial charge is 0.108 e. The van der Waals surface area contributed by atoms with Crippen LogP contribution in [0.5, 0.6) is 0 Å². The third-order valence-electron chi connectivity index (χ3n) is 3.62. The van der Waals surface area contributed by atoms with Crippen LogP contribution in [0.3, 0.4) is 0 Å². The molecule has 3 nitrogen and oxygen atoms in total. The Bertz CT molecular complexity index is 382.